The molecule has 0 aliphatic rings. The number of carbonyl (C=O) groups excluding carboxylic acids is 1. The van der Waals surface area contributed by atoms with Crippen molar-refractivity contribution in [1.29, 1.82) is 0 Å². The van der Waals surface area contributed by atoms with Crippen molar-refractivity contribution in [2.45, 2.75) is 19.3 Å². The Morgan fingerprint density at radius 2 is 1.47 bits per heavy atom. The quantitative estimate of drug-likeness (QED) is 0.570. The van der Waals surface area contributed by atoms with Crippen LogP contribution in [0.3, 0.4) is 0 Å². The summed E-state index contributed by atoms with van der Waals surface area (Å²) >= 11 is 0. The first kappa shape index (κ1) is 21.2. The maximum atomic E-state index is 12.3. The summed E-state index contributed by atoms with van der Waals surface area (Å²) in [6.07, 6.45) is 0. The van der Waals surface area contributed by atoms with Gasteiger partial charge >= 0.3 is 0 Å². The molecule has 0 saturated heterocycles. The van der Waals surface area contributed by atoms with E-state index in [1.54, 1.807) is 32.4 Å². The highest BCUT2D eigenvalue weighted by molar-refractivity contribution is 5.93. The van der Waals surface area contributed by atoms with Crippen LogP contribution in [-0.2, 0) is 10.2 Å². The molecule has 0 unspecified atom stereocenters. The van der Waals surface area contributed by atoms with Crippen LogP contribution in [0.2, 0.25) is 0 Å². The topological polar surface area (TPSA) is 56.8 Å². The summed E-state index contributed by atoms with van der Waals surface area (Å²) in [5.41, 5.74) is 2.82. The van der Waals surface area contributed by atoms with Crippen molar-refractivity contribution in [3.05, 3.63) is 83.9 Å². The molecule has 0 aliphatic heterocycles. The van der Waals surface area contributed by atoms with E-state index >= 15 is 0 Å². The van der Waals surface area contributed by atoms with Crippen LogP contribution in [-0.4, -0.2) is 26.7 Å². The fourth-order valence-electron chi connectivity index (χ4n) is 3.24. The molecule has 3 rings (SSSR count). The van der Waals surface area contributed by atoms with Crippen LogP contribution in [0.25, 0.3) is 0 Å². The van der Waals surface area contributed by atoms with E-state index in [1.807, 2.05) is 42.5 Å². The second-order valence-electron chi connectivity index (χ2n) is 7.42. The van der Waals surface area contributed by atoms with Crippen molar-refractivity contribution in [1.82, 2.24) is 0 Å². The summed E-state index contributed by atoms with van der Waals surface area (Å²) in [6, 6.07) is 23.4. The largest absolute Gasteiger partial charge is 0.497 e. The lowest BCUT2D eigenvalue weighted by Gasteiger charge is -2.26. The number of hydrogen-bond acceptors (Lipinski definition) is 4. The van der Waals surface area contributed by atoms with Crippen molar-refractivity contribution in [3.8, 4) is 17.2 Å². The van der Waals surface area contributed by atoms with E-state index in [-0.39, 0.29) is 17.9 Å². The molecule has 0 saturated carbocycles. The minimum Gasteiger partial charge on any atom is -0.497 e. The molecule has 156 valence electrons. The first-order valence-electron chi connectivity index (χ1n) is 9.75. The minimum absolute atomic E-state index is 0.109. The molecule has 1 N–H and O–H groups in total. The van der Waals surface area contributed by atoms with Crippen LogP contribution in [0.4, 0.5) is 5.69 Å². The van der Waals surface area contributed by atoms with E-state index in [4.69, 9.17) is 14.2 Å². The first-order valence-corrected chi connectivity index (χ1v) is 9.75. The second-order valence-corrected chi connectivity index (χ2v) is 7.42. The van der Waals surface area contributed by atoms with Gasteiger partial charge in [-0.2, -0.15) is 0 Å². The molecule has 3 aromatic rings. The molecule has 0 heterocycles. The predicted octanol–water partition coefficient (Wildman–Crippen LogP) is 5.05. The fourth-order valence-corrected chi connectivity index (χ4v) is 3.24. The summed E-state index contributed by atoms with van der Waals surface area (Å²) in [5.74, 6) is 1.53. The van der Waals surface area contributed by atoms with Crippen LogP contribution >= 0.6 is 0 Å². The van der Waals surface area contributed by atoms with Gasteiger partial charge in [-0.05, 0) is 35.4 Å². The third-order valence-electron chi connectivity index (χ3n) is 5.12. The average molecular weight is 405 g/mol. The Labute approximate surface area is 177 Å². The zero-order valence-electron chi connectivity index (χ0n) is 17.8. The lowest BCUT2D eigenvalue weighted by molar-refractivity contribution is -0.118. The number of rotatable bonds is 8. The Morgan fingerprint density at radius 3 is 2.10 bits per heavy atom. The first-order chi connectivity index (χ1) is 14.4. The molecule has 30 heavy (non-hydrogen) atoms. The zero-order chi connectivity index (χ0) is 21.6. The molecular weight excluding hydrogens is 378 g/mol. The monoisotopic (exact) mass is 405 g/mol. The number of methoxy groups -OCH3 is 2. The van der Waals surface area contributed by atoms with E-state index in [0.717, 1.165) is 0 Å². The molecule has 5 nitrogen and oxygen atoms in total. The van der Waals surface area contributed by atoms with Crippen LogP contribution in [0.1, 0.15) is 25.0 Å². The molecule has 0 atom stereocenters. The van der Waals surface area contributed by atoms with Gasteiger partial charge < -0.3 is 19.5 Å². The number of ether oxygens (including phenoxy) is 3. The lowest BCUT2D eigenvalue weighted by Crippen LogP contribution is -2.21. The van der Waals surface area contributed by atoms with Gasteiger partial charge in [0.25, 0.3) is 5.91 Å². The van der Waals surface area contributed by atoms with Crippen molar-refractivity contribution >= 4 is 11.6 Å². The molecule has 3 aromatic carbocycles. The van der Waals surface area contributed by atoms with Gasteiger partial charge in [0, 0.05) is 11.5 Å². The standard InChI is InChI=1S/C25H27NO4/c1-25(2,18-8-6-5-7-9-18)19-10-12-20(13-11-19)30-17-24(27)26-22-16-21(28-3)14-15-23(22)29-4/h5-16H,17H2,1-4H3,(H,26,27). The minimum atomic E-state index is -0.282. The Kier molecular flexibility index (Phi) is 6.62. The van der Waals surface area contributed by atoms with E-state index in [9.17, 15) is 4.79 Å². The molecule has 5 heteroatoms. The number of nitrogens with one attached hydrogen (secondary N) is 1. The van der Waals surface area contributed by atoms with Gasteiger partial charge in [0.1, 0.15) is 17.2 Å². The maximum Gasteiger partial charge on any atom is 0.262 e. The van der Waals surface area contributed by atoms with Gasteiger partial charge in [-0.15, -0.1) is 0 Å². The molecule has 0 radical (unpaired) electrons. The van der Waals surface area contributed by atoms with Crippen LogP contribution < -0.4 is 19.5 Å². The SMILES string of the molecule is COc1ccc(OC)c(NC(=O)COc2ccc(C(C)(C)c3ccccc3)cc2)c1. The summed E-state index contributed by atoms with van der Waals surface area (Å²) in [7, 11) is 3.12. The third kappa shape index (κ3) is 4.92. The van der Waals surface area contributed by atoms with Crippen LogP contribution in [0.5, 0.6) is 17.2 Å². The third-order valence-corrected chi connectivity index (χ3v) is 5.12. The highest BCUT2D eigenvalue weighted by Crippen LogP contribution is 2.32. The van der Waals surface area contributed by atoms with Crippen molar-refractivity contribution < 1.29 is 19.0 Å². The van der Waals surface area contributed by atoms with Gasteiger partial charge in [0.05, 0.1) is 19.9 Å². The molecule has 0 fully saturated rings. The second kappa shape index (κ2) is 9.35. The van der Waals surface area contributed by atoms with Crippen LogP contribution in [0.15, 0.2) is 72.8 Å². The van der Waals surface area contributed by atoms with Gasteiger partial charge in [-0.1, -0.05) is 56.3 Å². The molecular formula is C25H27NO4. The lowest BCUT2D eigenvalue weighted by atomic mass is 9.78. The average Bonchev–Trinajstić information content (AvgIpc) is 2.78. The van der Waals surface area contributed by atoms with Gasteiger partial charge in [-0.25, -0.2) is 0 Å². The van der Waals surface area contributed by atoms with Gasteiger partial charge in [0.2, 0.25) is 0 Å². The highest BCUT2D eigenvalue weighted by Gasteiger charge is 2.22. The van der Waals surface area contributed by atoms with Crippen molar-refractivity contribution in [2.75, 3.05) is 26.1 Å². The molecule has 0 aromatic heterocycles. The number of amides is 1. The van der Waals surface area contributed by atoms with E-state index in [0.29, 0.717) is 22.9 Å². The van der Waals surface area contributed by atoms with Gasteiger partial charge in [0.15, 0.2) is 6.61 Å². The normalized spacial score (nSPS) is 10.9. The highest BCUT2D eigenvalue weighted by atomic mass is 16.5. The number of hydrogen-bond donors (Lipinski definition) is 1. The van der Waals surface area contributed by atoms with Crippen molar-refractivity contribution in [2.24, 2.45) is 0 Å². The van der Waals surface area contributed by atoms with Gasteiger partial charge in [-0.3, -0.25) is 4.79 Å². The van der Waals surface area contributed by atoms with E-state index in [2.05, 4.69) is 31.3 Å². The molecule has 0 spiro atoms. The summed E-state index contributed by atoms with van der Waals surface area (Å²) < 4.78 is 16.1. The number of benzene rings is 3. The van der Waals surface area contributed by atoms with Crippen LogP contribution in [0, 0.1) is 0 Å². The Balaban J connectivity index is 1.62. The van der Waals surface area contributed by atoms with E-state index in [1.165, 1.54) is 11.1 Å². The molecule has 0 bridgehead atoms. The Morgan fingerprint density at radius 1 is 0.833 bits per heavy atom. The number of carbonyl (C=O) groups is 1. The fraction of sp³-hybridized carbons (Fsp3) is 0.240. The molecule has 0 aliphatic carbocycles. The summed E-state index contributed by atoms with van der Waals surface area (Å²) in [5, 5.41) is 2.79. The Hall–Kier alpha value is -3.47. The van der Waals surface area contributed by atoms with E-state index < -0.39 is 0 Å². The zero-order valence-corrected chi connectivity index (χ0v) is 17.8. The Bertz CT molecular complexity index is 982. The summed E-state index contributed by atoms with van der Waals surface area (Å²) in [6.45, 7) is 4.27. The maximum absolute atomic E-state index is 12.3. The summed E-state index contributed by atoms with van der Waals surface area (Å²) in [4.78, 5) is 12.3. The molecule has 1 amide bonds. The smallest absolute Gasteiger partial charge is 0.262 e. The predicted molar refractivity (Wildman–Crippen MR) is 119 cm³/mol. The van der Waals surface area contributed by atoms with Crippen molar-refractivity contribution in [3.63, 3.8) is 0 Å². The number of anilines is 1.